The average molecular weight is 205 g/mol. The SMILES string of the molecule is Cc1ccc2scc(CCCN)c2c1. The molecule has 0 bridgehead atoms. The summed E-state index contributed by atoms with van der Waals surface area (Å²) in [5, 5.41) is 3.68. The van der Waals surface area contributed by atoms with E-state index < -0.39 is 0 Å². The lowest BCUT2D eigenvalue weighted by molar-refractivity contribution is 0.839. The minimum absolute atomic E-state index is 0.781. The van der Waals surface area contributed by atoms with E-state index in [1.54, 1.807) is 0 Å². The molecule has 0 aliphatic rings. The van der Waals surface area contributed by atoms with Crippen molar-refractivity contribution in [1.29, 1.82) is 0 Å². The molecule has 74 valence electrons. The van der Waals surface area contributed by atoms with Crippen molar-refractivity contribution in [2.24, 2.45) is 5.73 Å². The van der Waals surface area contributed by atoms with Gasteiger partial charge in [0.1, 0.15) is 0 Å². The van der Waals surface area contributed by atoms with Gasteiger partial charge in [-0.25, -0.2) is 0 Å². The summed E-state index contributed by atoms with van der Waals surface area (Å²) >= 11 is 1.83. The molecule has 1 aromatic carbocycles. The third-order valence-corrected chi connectivity index (χ3v) is 3.47. The third-order valence-electron chi connectivity index (χ3n) is 2.46. The predicted octanol–water partition coefficient (Wildman–Crippen LogP) is 3.10. The van der Waals surface area contributed by atoms with Gasteiger partial charge in [0.2, 0.25) is 0 Å². The van der Waals surface area contributed by atoms with Crippen LogP contribution in [0.4, 0.5) is 0 Å². The van der Waals surface area contributed by atoms with Crippen LogP contribution >= 0.6 is 11.3 Å². The fraction of sp³-hybridized carbons (Fsp3) is 0.333. The van der Waals surface area contributed by atoms with Crippen LogP contribution in [0.5, 0.6) is 0 Å². The largest absolute Gasteiger partial charge is 0.330 e. The van der Waals surface area contributed by atoms with Crippen LogP contribution in [0.15, 0.2) is 23.6 Å². The van der Waals surface area contributed by atoms with Gasteiger partial charge in [-0.05, 0) is 48.7 Å². The summed E-state index contributed by atoms with van der Waals surface area (Å²) in [6, 6.07) is 6.66. The van der Waals surface area contributed by atoms with Gasteiger partial charge in [0.05, 0.1) is 0 Å². The summed E-state index contributed by atoms with van der Waals surface area (Å²) in [4.78, 5) is 0. The molecule has 1 nitrogen and oxygen atoms in total. The number of nitrogens with two attached hydrogens (primary N) is 1. The molecule has 1 aromatic heterocycles. The van der Waals surface area contributed by atoms with E-state index in [1.807, 2.05) is 11.3 Å². The number of hydrogen-bond donors (Lipinski definition) is 1. The van der Waals surface area contributed by atoms with Crippen molar-refractivity contribution >= 4 is 21.4 Å². The molecule has 0 fully saturated rings. The number of rotatable bonds is 3. The van der Waals surface area contributed by atoms with Crippen molar-refractivity contribution in [2.75, 3.05) is 6.54 Å². The highest BCUT2D eigenvalue weighted by molar-refractivity contribution is 7.17. The van der Waals surface area contributed by atoms with Gasteiger partial charge in [-0.15, -0.1) is 11.3 Å². The number of aryl methyl sites for hydroxylation is 2. The van der Waals surface area contributed by atoms with E-state index in [1.165, 1.54) is 21.2 Å². The molecule has 2 N–H and O–H groups in total. The Morgan fingerprint density at radius 2 is 2.21 bits per heavy atom. The standard InChI is InChI=1S/C12H15NS/c1-9-4-5-12-11(7-9)10(8-14-12)3-2-6-13/h4-5,7-8H,2-3,6,13H2,1H3. The fourth-order valence-electron chi connectivity index (χ4n) is 1.68. The lowest BCUT2D eigenvalue weighted by Gasteiger charge is -1.98. The third kappa shape index (κ3) is 1.81. The Kier molecular flexibility index (Phi) is 2.85. The van der Waals surface area contributed by atoms with Crippen LogP contribution < -0.4 is 5.73 Å². The number of thiophene rings is 1. The first kappa shape index (κ1) is 9.69. The first-order valence-corrected chi connectivity index (χ1v) is 5.86. The number of fused-ring (bicyclic) bond motifs is 1. The molecular weight excluding hydrogens is 190 g/mol. The van der Waals surface area contributed by atoms with Crippen LogP contribution in [-0.4, -0.2) is 6.54 Å². The summed E-state index contributed by atoms with van der Waals surface area (Å²) in [6.45, 7) is 2.92. The maximum Gasteiger partial charge on any atom is 0.0345 e. The van der Waals surface area contributed by atoms with Crippen LogP contribution in [0.2, 0.25) is 0 Å². The molecule has 0 aliphatic heterocycles. The molecule has 0 aliphatic carbocycles. The Morgan fingerprint density at radius 1 is 1.36 bits per heavy atom. The molecule has 0 unspecified atom stereocenters. The van der Waals surface area contributed by atoms with Gasteiger partial charge < -0.3 is 5.73 Å². The molecule has 2 heteroatoms. The molecule has 0 saturated carbocycles. The fourth-order valence-corrected chi connectivity index (χ4v) is 2.66. The normalized spacial score (nSPS) is 11.0. The average Bonchev–Trinajstić information content (AvgIpc) is 2.57. The van der Waals surface area contributed by atoms with Crippen molar-refractivity contribution in [3.8, 4) is 0 Å². The zero-order chi connectivity index (χ0) is 9.97. The predicted molar refractivity (Wildman–Crippen MR) is 63.9 cm³/mol. The zero-order valence-corrected chi connectivity index (χ0v) is 9.23. The smallest absolute Gasteiger partial charge is 0.0345 e. The van der Waals surface area contributed by atoms with Crippen LogP contribution in [0.3, 0.4) is 0 Å². The topological polar surface area (TPSA) is 26.0 Å². The monoisotopic (exact) mass is 205 g/mol. The van der Waals surface area contributed by atoms with E-state index in [9.17, 15) is 0 Å². The van der Waals surface area contributed by atoms with Crippen LogP contribution in [0, 0.1) is 6.92 Å². The Balaban J connectivity index is 2.40. The maximum atomic E-state index is 5.52. The summed E-state index contributed by atoms with van der Waals surface area (Å²) in [5.41, 5.74) is 8.32. The van der Waals surface area contributed by atoms with Crippen LogP contribution in [-0.2, 0) is 6.42 Å². The number of hydrogen-bond acceptors (Lipinski definition) is 2. The van der Waals surface area contributed by atoms with E-state index in [2.05, 4.69) is 30.5 Å². The molecular formula is C12H15NS. The van der Waals surface area contributed by atoms with Gasteiger partial charge in [-0.2, -0.15) is 0 Å². The maximum absolute atomic E-state index is 5.52. The minimum Gasteiger partial charge on any atom is -0.330 e. The highest BCUT2D eigenvalue weighted by Crippen LogP contribution is 2.27. The molecule has 0 amide bonds. The van der Waals surface area contributed by atoms with E-state index >= 15 is 0 Å². The molecule has 0 radical (unpaired) electrons. The minimum atomic E-state index is 0.781. The van der Waals surface area contributed by atoms with Crippen molar-refractivity contribution < 1.29 is 0 Å². The van der Waals surface area contributed by atoms with Crippen LogP contribution in [0.1, 0.15) is 17.5 Å². The van der Waals surface area contributed by atoms with Crippen LogP contribution in [0.25, 0.3) is 10.1 Å². The van der Waals surface area contributed by atoms with Gasteiger partial charge in [-0.1, -0.05) is 17.7 Å². The van der Waals surface area contributed by atoms with Gasteiger partial charge in [-0.3, -0.25) is 0 Å². The zero-order valence-electron chi connectivity index (χ0n) is 8.42. The molecule has 14 heavy (non-hydrogen) atoms. The lowest BCUT2D eigenvalue weighted by Crippen LogP contribution is -1.99. The Bertz CT molecular complexity index is 431. The van der Waals surface area contributed by atoms with Crippen molar-refractivity contribution in [3.05, 3.63) is 34.7 Å². The molecule has 2 rings (SSSR count). The molecule has 1 heterocycles. The van der Waals surface area contributed by atoms with E-state index in [0.717, 1.165) is 19.4 Å². The summed E-state index contributed by atoms with van der Waals surface area (Å²) in [7, 11) is 0. The van der Waals surface area contributed by atoms with Gasteiger partial charge >= 0.3 is 0 Å². The summed E-state index contributed by atoms with van der Waals surface area (Å²) < 4.78 is 1.39. The van der Waals surface area contributed by atoms with Gasteiger partial charge in [0.15, 0.2) is 0 Å². The Labute approximate surface area is 88.6 Å². The lowest BCUT2D eigenvalue weighted by atomic mass is 10.1. The highest BCUT2D eigenvalue weighted by Gasteiger charge is 2.03. The second kappa shape index (κ2) is 4.11. The quantitative estimate of drug-likeness (QED) is 0.818. The van der Waals surface area contributed by atoms with Gasteiger partial charge in [0, 0.05) is 4.70 Å². The van der Waals surface area contributed by atoms with Gasteiger partial charge in [0.25, 0.3) is 0 Å². The van der Waals surface area contributed by atoms with E-state index in [-0.39, 0.29) is 0 Å². The van der Waals surface area contributed by atoms with Crippen molar-refractivity contribution in [2.45, 2.75) is 19.8 Å². The first-order chi connectivity index (χ1) is 6.81. The summed E-state index contributed by atoms with van der Waals surface area (Å²) in [5.74, 6) is 0. The second-order valence-electron chi connectivity index (χ2n) is 3.65. The Morgan fingerprint density at radius 3 is 3.00 bits per heavy atom. The summed E-state index contributed by atoms with van der Waals surface area (Å²) in [6.07, 6.45) is 2.19. The first-order valence-electron chi connectivity index (χ1n) is 4.98. The molecule has 2 aromatic rings. The second-order valence-corrected chi connectivity index (χ2v) is 4.56. The van der Waals surface area contributed by atoms with E-state index in [4.69, 9.17) is 5.73 Å². The van der Waals surface area contributed by atoms with E-state index in [0.29, 0.717) is 0 Å². The Hall–Kier alpha value is -0.860. The molecule has 0 saturated heterocycles. The number of benzene rings is 1. The molecule has 0 spiro atoms. The molecule has 0 atom stereocenters. The highest BCUT2D eigenvalue weighted by atomic mass is 32.1. The van der Waals surface area contributed by atoms with Crippen molar-refractivity contribution in [3.63, 3.8) is 0 Å². The van der Waals surface area contributed by atoms with Crippen molar-refractivity contribution in [1.82, 2.24) is 0 Å².